The van der Waals surface area contributed by atoms with Crippen LogP contribution in [0, 0.1) is 0 Å². The lowest BCUT2D eigenvalue weighted by molar-refractivity contribution is 1.70. The Morgan fingerprint density at radius 3 is 2.62 bits per heavy atom. The normalized spacial score (nSPS) is 13.1. The van der Waals surface area contributed by atoms with Crippen LogP contribution < -0.4 is 0 Å². The van der Waals surface area contributed by atoms with Gasteiger partial charge in [-0.05, 0) is 31.9 Å². The van der Waals surface area contributed by atoms with Crippen molar-refractivity contribution < 1.29 is 0 Å². The summed E-state index contributed by atoms with van der Waals surface area (Å²) in [5.41, 5.74) is 1.07. The van der Waals surface area contributed by atoms with Gasteiger partial charge in [0.1, 0.15) is 0 Å². The molecule has 0 rings (SSSR count). The largest absolute Gasteiger partial charge is 0.222 e. The number of hydrogen-bond acceptors (Lipinski definition) is 2. The molecule has 0 heterocycles. The predicted molar refractivity (Wildman–Crippen MR) is 41.4 cm³/mol. The quantitative estimate of drug-likeness (QED) is 0.411. The smallest absolute Gasteiger partial charge is 0.0452 e. The van der Waals surface area contributed by atoms with E-state index in [1.165, 1.54) is 11.9 Å². The van der Waals surface area contributed by atoms with Gasteiger partial charge in [0, 0.05) is 12.0 Å². The number of rotatable bonds is 2. The van der Waals surface area contributed by atoms with Crippen molar-refractivity contribution in [2.24, 2.45) is 4.40 Å². The van der Waals surface area contributed by atoms with Crippen LogP contribution in [0.4, 0.5) is 0 Å². The SMILES string of the molecule is C/C=C\C(C)=N/SC. The van der Waals surface area contributed by atoms with E-state index in [4.69, 9.17) is 0 Å². The van der Waals surface area contributed by atoms with Gasteiger partial charge in [-0.25, -0.2) is 4.40 Å². The summed E-state index contributed by atoms with van der Waals surface area (Å²) in [5, 5.41) is 0. The molecule has 8 heavy (non-hydrogen) atoms. The Morgan fingerprint density at radius 1 is 1.62 bits per heavy atom. The topological polar surface area (TPSA) is 12.4 Å². The second-order valence-electron chi connectivity index (χ2n) is 1.42. The van der Waals surface area contributed by atoms with Crippen molar-refractivity contribution >= 4 is 17.7 Å². The van der Waals surface area contributed by atoms with Gasteiger partial charge in [-0.1, -0.05) is 6.08 Å². The first-order valence-electron chi connectivity index (χ1n) is 2.51. The third-order valence-electron chi connectivity index (χ3n) is 0.643. The fourth-order valence-corrected chi connectivity index (χ4v) is 0.764. The van der Waals surface area contributed by atoms with Gasteiger partial charge in [-0.3, -0.25) is 0 Å². The number of hydrogen-bond donors (Lipinski definition) is 0. The molecule has 0 aliphatic heterocycles. The van der Waals surface area contributed by atoms with E-state index in [1.807, 2.05) is 32.3 Å². The molecule has 46 valence electrons. The summed E-state index contributed by atoms with van der Waals surface area (Å²) in [6.07, 6.45) is 5.92. The molecule has 0 aliphatic carbocycles. The molecular weight excluding hydrogens is 118 g/mol. The standard InChI is InChI=1S/C6H11NS/c1-4-5-6(2)7-8-3/h4-5H,1-3H3/b5-4-,7-6-. The van der Waals surface area contributed by atoms with Crippen molar-refractivity contribution in [3.05, 3.63) is 12.2 Å². The van der Waals surface area contributed by atoms with Crippen LogP contribution in [-0.4, -0.2) is 12.0 Å². The monoisotopic (exact) mass is 129 g/mol. The number of allylic oxidation sites excluding steroid dienone is 2. The van der Waals surface area contributed by atoms with Crippen LogP contribution >= 0.6 is 11.9 Å². The Bertz CT molecular complexity index is 105. The Hall–Kier alpha value is -0.240. The molecule has 0 saturated carbocycles. The molecule has 1 nitrogen and oxygen atoms in total. The highest BCUT2D eigenvalue weighted by Gasteiger charge is 1.76. The van der Waals surface area contributed by atoms with Crippen molar-refractivity contribution in [1.29, 1.82) is 0 Å². The van der Waals surface area contributed by atoms with Crippen LogP contribution in [0.5, 0.6) is 0 Å². The maximum absolute atomic E-state index is 4.06. The molecule has 0 unspecified atom stereocenters. The fraction of sp³-hybridized carbons (Fsp3) is 0.500. The van der Waals surface area contributed by atoms with Gasteiger partial charge >= 0.3 is 0 Å². The first-order chi connectivity index (χ1) is 3.81. The average molecular weight is 129 g/mol. The molecule has 0 aromatic heterocycles. The third-order valence-corrected chi connectivity index (χ3v) is 1.11. The highest BCUT2D eigenvalue weighted by molar-refractivity contribution is 7.97. The van der Waals surface area contributed by atoms with Crippen LogP contribution in [0.3, 0.4) is 0 Å². The molecule has 0 amide bonds. The summed E-state index contributed by atoms with van der Waals surface area (Å²) in [5.74, 6) is 0. The van der Waals surface area contributed by atoms with Crippen molar-refractivity contribution in [2.45, 2.75) is 13.8 Å². The average Bonchev–Trinajstić information content (AvgIpc) is 1.68. The zero-order valence-electron chi connectivity index (χ0n) is 5.51. The van der Waals surface area contributed by atoms with Crippen LogP contribution in [0.25, 0.3) is 0 Å². The van der Waals surface area contributed by atoms with E-state index in [1.54, 1.807) is 0 Å². The fourth-order valence-electron chi connectivity index (χ4n) is 0.416. The van der Waals surface area contributed by atoms with Crippen LogP contribution in [0.2, 0.25) is 0 Å². The lowest BCUT2D eigenvalue weighted by Crippen LogP contribution is -1.78. The Morgan fingerprint density at radius 2 is 2.25 bits per heavy atom. The lowest BCUT2D eigenvalue weighted by atomic mass is 10.4. The molecule has 0 fully saturated rings. The van der Waals surface area contributed by atoms with E-state index in [2.05, 4.69) is 4.40 Å². The van der Waals surface area contributed by atoms with E-state index in [-0.39, 0.29) is 0 Å². The van der Waals surface area contributed by atoms with Crippen LogP contribution in [0.15, 0.2) is 16.5 Å². The van der Waals surface area contributed by atoms with E-state index in [9.17, 15) is 0 Å². The van der Waals surface area contributed by atoms with Crippen LogP contribution in [0.1, 0.15) is 13.8 Å². The highest BCUT2D eigenvalue weighted by Crippen LogP contribution is 1.94. The molecule has 0 N–H and O–H groups in total. The molecular formula is C6H11NS. The first kappa shape index (κ1) is 7.76. The van der Waals surface area contributed by atoms with E-state index in [0.29, 0.717) is 0 Å². The van der Waals surface area contributed by atoms with Crippen LogP contribution in [-0.2, 0) is 0 Å². The van der Waals surface area contributed by atoms with Gasteiger partial charge in [0.05, 0.1) is 0 Å². The van der Waals surface area contributed by atoms with Gasteiger partial charge < -0.3 is 0 Å². The third kappa shape index (κ3) is 3.93. The Kier molecular flexibility index (Phi) is 4.76. The summed E-state index contributed by atoms with van der Waals surface area (Å²) < 4.78 is 4.06. The van der Waals surface area contributed by atoms with Gasteiger partial charge in [0.15, 0.2) is 0 Å². The summed E-state index contributed by atoms with van der Waals surface area (Å²) in [7, 11) is 0. The minimum absolute atomic E-state index is 1.07. The molecule has 0 saturated heterocycles. The van der Waals surface area contributed by atoms with Crippen molar-refractivity contribution in [1.82, 2.24) is 0 Å². The van der Waals surface area contributed by atoms with Crippen molar-refractivity contribution in [3.8, 4) is 0 Å². The maximum atomic E-state index is 4.06. The summed E-state index contributed by atoms with van der Waals surface area (Å²) in [6.45, 7) is 3.97. The second kappa shape index (κ2) is 4.91. The van der Waals surface area contributed by atoms with Gasteiger partial charge in [0.2, 0.25) is 0 Å². The van der Waals surface area contributed by atoms with E-state index < -0.39 is 0 Å². The highest BCUT2D eigenvalue weighted by atomic mass is 32.2. The molecule has 0 spiro atoms. The molecule has 0 atom stereocenters. The zero-order chi connectivity index (χ0) is 6.41. The van der Waals surface area contributed by atoms with Crippen molar-refractivity contribution in [3.63, 3.8) is 0 Å². The molecule has 0 aromatic carbocycles. The molecule has 0 radical (unpaired) electrons. The van der Waals surface area contributed by atoms with Gasteiger partial charge in [-0.15, -0.1) is 0 Å². The predicted octanol–water partition coefficient (Wildman–Crippen LogP) is 2.30. The Balaban J connectivity index is 3.61. The van der Waals surface area contributed by atoms with Gasteiger partial charge in [0.25, 0.3) is 0 Å². The minimum Gasteiger partial charge on any atom is -0.222 e. The maximum Gasteiger partial charge on any atom is 0.0452 e. The van der Waals surface area contributed by atoms with E-state index >= 15 is 0 Å². The lowest BCUT2D eigenvalue weighted by Gasteiger charge is -1.84. The summed E-state index contributed by atoms with van der Waals surface area (Å²) in [6, 6.07) is 0. The van der Waals surface area contributed by atoms with E-state index in [0.717, 1.165) is 5.71 Å². The number of nitrogens with zero attached hydrogens (tertiary/aromatic N) is 1. The van der Waals surface area contributed by atoms with Crippen molar-refractivity contribution in [2.75, 3.05) is 6.26 Å². The molecule has 0 aliphatic rings. The molecule has 2 heteroatoms. The van der Waals surface area contributed by atoms with Gasteiger partial charge in [-0.2, -0.15) is 0 Å². The first-order valence-corrected chi connectivity index (χ1v) is 3.70. The minimum atomic E-state index is 1.07. The summed E-state index contributed by atoms with van der Waals surface area (Å²) in [4.78, 5) is 0. The Labute approximate surface area is 55.0 Å². The molecule has 0 aromatic rings. The zero-order valence-corrected chi connectivity index (χ0v) is 6.33. The summed E-state index contributed by atoms with van der Waals surface area (Å²) >= 11 is 1.49. The second-order valence-corrected chi connectivity index (χ2v) is 1.96. The molecule has 0 bridgehead atoms.